The molecule has 2 aromatic heterocycles. The van der Waals surface area contributed by atoms with Crippen LogP contribution < -0.4 is 10.9 Å². The van der Waals surface area contributed by atoms with Crippen LogP contribution in [0.15, 0.2) is 34.2 Å². The summed E-state index contributed by atoms with van der Waals surface area (Å²) in [7, 11) is 1.73. The van der Waals surface area contributed by atoms with Gasteiger partial charge in [0.2, 0.25) is 5.91 Å². The number of nitrogens with one attached hydrogen (secondary N) is 1. The summed E-state index contributed by atoms with van der Waals surface area (Å²) in [5.41, 5.74) is 2.17. The number of carbonyl (C=O) groups is 1. The van der Waals surface area contributed by atoms with Crippen molar-refractivity contribution < 1.29 is 4.79 Å². The maximum Gasteiger partial charge on any atom is 0.262 e. The molecule has 1 amide bonds. The molecular formula is C20H20ClN3O2S2. The molecular weight excluding hydrogens is 414 g/mol. The number of amides is 1. The van der Waals surface area contributed by atoms with Crippen LogP contribution >= 0.6 is 34.7 Å². The van der Waals surface area contributed by atoms with Gasteiger partial charge in [0.15, 0.2) is 5.16 Å². The highest BCUT2D eigenvalue weighted by Gasteiger charge is 2.21. The van der Waals surface area contributed by atoms with Crippen molar-refractivity contribution in [3.8, 4) is 0 Å². The molecule has 1 N–H and O–H groups in total. The van der Waals surface area contributed by atoms with Crippen molar-refractivity contribution in [3.05, 3.63) is 55.6 Å². The van der Waals surface area contributed by atoms with Gasteiger partial charge in [-0.15, -0.1) is 11.3 Å². The number of halogens is 1. The summed E-state index contributed by atoms with van der Waals surface area (Å²) < 4.78 is 1.57. The van der Waals surface area contributed by atoms with E-state index in [4.69, 9.17) is 16.6 Å². The average molecular weight is 434 g/mol. The molecule has 0 saturated carbocycles. The Morgan fingerprint density at radius 3 is 2.82 bits per heavy atom. The Balaban J connectivity index is 1.45. The minimum absolute atomic E-state index is 0.00604. The van der Waals surface area contributed by atoms with Gasteiger partial charge in [-0.25, -0.2) is 4.98 Å². The van der Waals surface area contributed by atoms with Gasteiger partial charge in [-0.05, 0) is 48.9 Å². The first kappa shape index (κ1) is 19.5. The van der Waals surface area contributed by atoms with Crippen LogP contribution in [0.2, 0.25) is 5.02 Å². The molecule has 146 valence electrons. The summed E-state index contributed by atoms with van der Waals surface area (Å²) in [5, 5.41) is 4.91. The highest BCUT2D eigenvalue weighted by Crippen LogP contribution is 2.34. The zero-order valence-corrected chi connectivity index (χ0v) is 17.8. The van der Waals surface area contributed by atoms with Gasteiger partial charge >= 0.3 is 0 Å². The molecule has 2 heterocycles. The number of fused-ring (bicyclic) bond motifs is 3. The van der Waals surface area contributed by atoms with Crippen LogP contribution in [-0.2, 0) is 31.2 Å². The predicted octanol–water partition coefficient (Wildman–Crippen LogP) is 3.94. The highest BCUT2D eigenvalue weighted by molar-refractivity contribution is 7.99. The Labute approximate surface area is 176 Å². The lowest BCUT2D eigenvalue weighted by molar-refractivity contribution is -0.118. The molecule has 28 heavy (non-hydrogen) atoms. The molecule has 1 aliphatic carbocycles. The molecule has 3 aromatic rings. The average Bonchev–Trinajstić information content (AvgIpc) is 3.07. The van der Waals surface area contributed by atoms with Gasteiger partial charge in [0.1, 0.15) is 4.83 Å². The number of hydrogen-bond acceptors (Lipinski definition) is 5. The van der Waals surface area contributed by atoms with Crippen molar-refractivity contribution in [2.45, 2.75) is 37.4 Å². The van der Waals surface area contributed by atoms with Crippen LogP contribution in [0.1, 0.15) is 28.8 Å². The fourth-order valence-corrected chi connectivity index (χ4v) is 5.61. The van der Waals surface area contributed by atoms with E-state index in [0.717, 1.165) is 35.0 Å². The number of aromatic nitrogens is 2. The van der Waals surface area contributed by atoms with Gasteiger partial charge in [0.25, 0.3) is 5.56 Å². The van der Waals surface area contributed by atoms with Crippen LogP contribution in [-0.4, -0.2) is 21.2 Å². The van der Waals surface area contributed by atoms with Crippen molar-refractivity contribution in [1.29, 1.82) is 0 Å². The molecule has 0 saturated heterocycles. The zero-order valence-electron chi connectivity index (χ0n) is 15.5. The van der Waals surface area contributed by atoms with Gasteiger partial charge in [0, 0.05) is 23.5 Å². The third kappa shape index (κ3) is 3.97. The summed E-state index contributed by atoms with van der Waals surface area (Å²) in [5.74, 6) is 0.115. The number of thiophene rings is 1. The van der Waals surface area contributed by atoms with Gasteiger partial charge in [-0.3, -0.25) is 14.2 Å². The van der Waals surface area contributed by atoms with Crippen molar-refractivity contribution in [2.75, 3.05) is 5.75 Å². The topological polar surface area (TPSA) is 64.0 Å². The normalized spacial score (nSPS) is 13.5. The lowest BCUT2D eigenvalue weighted by Gasteiger charge is -2.11. The number of thioether (sulfide) groups is 1. The molecule has 8 heteroatoms. The smallest absolute Gasteiger partial charge is 0.262 e. The molecule has 0 fully saturated rings. The van der Waals surface area contributed by atoms with E-state index in [0.29, 0.717) is 16.7 Å². The summed E-state index contributed by atoms with van der Waals surface area (Å²) >= 11 is 8.79. The van der Waals surface area contributed by atoms with E-state index in [-0.39, 0.29) is 17.2 Å². The third-order valence-electron chi connectivity index (χ3n) is 4.89. The first-order chi connectivity index (χ1) is 13.5. The molecule has 1 aromatic carbocycles. The highest BCUT2D eigenvalue weighted by atomic mass is 35.5. The van der Waals surface area contributed by atoms with Gasteiger partial charge in [0.05, 0.1) is 11.1 Å². The lowest BCUT2D eigenvalue weighted by Crippen LogP contribution is -2.26. The van der Waals surface area contributed by atoms with E-state index in [1.165, 1.54) is 28.6 Å². The van der Waals surface area contributed by atoms with Crippen molar-refractivity contribution in [2.24, 2.45) is 7.05 Å². The Morgan fingerprint density at radius 2 is 2.04 bits per heavy atom. The fourth-order valence-electron chi connectivity index (χ4n) is 3.38. The van der Waals surface area contributed by atoms with Crippen LogP contribution in [0, 0.1) is 0 Å². The van der Waals surface area contributed by atoms with Gasteiger partial charge < -0.3 is 5.32 Å². The second-order valence-corrected chi connectivity index (χ2v) is 9.30. The molecule has 0 spiro atoms. The SMILES string of the molecule is Cn1c(SCC(=O)NCc2ccc(Cl)cc2)nc2sc3c(c2c1=O)CCCC3. The molecule has 1 aliphatic rings. The number of carbonyl (C=O) groups excluding carboxylic acids is 1. The summed E-state index contributed by atoms with van der Waals surface area (Å²) in [6, 6.07) is 7.36. The molecule has 5 nitrogen and oxygen atoms in total. The van der Waals surface area contributed by atoms with Crippen LogP contribution in [0.4, 0.5) is 0 Å². The predicted molar refractivity (Wildman–Crippen MR) is 116 cm³/mol. The number of rotatable bonds is 5. The number of hydrogen-bond donors (Lipinski definition) is 1. The van der Waals surface area contributed by atoms with Crippen LogP contribution in [0.25, 0.3) is 10.2 Å². The molecule has 4 rings (SSSR count). The minimum atomic E-state index is -0.0974. The van der Waals surface area contributed by atoms with E-state index >= 15 is 0 Å². The van der Waals surface area contributed by atoms with Gasteiger partial charge in [-0.2, -0.15) is 0 Å². The fraction of sp³-hybridized carbons (Fsp3) is 0.350. The minimum Gasteiger partial charge on any atom is -0.351 e. The second-order valence-electron chi connectivity index (χ2n) is 6.84. The van der Waals surface area contributed by atoms with Crippen molar-refractivity contribution in [1.82, 2.24) is 14.9 Å². The Hall–Kier alpha value is -1.83. The maximum absolute atomic E-state index is 12.9. The zero-order chi connectivity index (χ0) is 19.7. The molecule has 0 aliphatic heterocycles. The maximum atomic E-state index is 12.9. The largest absolute Gasteiger partial charge is 0.351 e. The monoisotopic (exact) mass is 433 g/mol. The summed E-state index contributed by atoms with van der Waals surface area (Å²) in [6.45, 7) is 0.444. The van der Waals surface area contributed by atoms with E-state index in [2.05, 4.69) is 5.32 Å². The van der Waals surface area contributed by atoms with E-state index < -0.39 is 0 Å². The van der Waals surface area contributed by atoms with E-state index in [1.807, 2.05) is 12.1 Å². The number of nitrogens with zero attached hydrogens (tertiary/aromatic N) is 2. The first-order valence-corrected chi connectivity index (χ1v) is 11.4. The summed E-state index contributed by atoms with van der Waals surface area (Å²) in [4.78, 5) is 31.9. The number of benzene rings is 1. The first-order valence-electron chi connectivity index (χ1n) is 9.18. The Kier molecular flexibility index (Phi) is 5.75. The lowest BCUT2D eigenvalue weighted by atomic mass is 9.97. The van der Waals surface area contributed by atoms with E-state index in [9.17, 15) is 9.59 Å². The molecule has 0 atom stereocenters. The Morgan fingerprint density at radius 1 is 1.29 bits per heavy atom. The molecule has 0 radical (unpaired) electrons. The molecule has 0 unspecified atom stereocenters. The van der Waals surface area contributed by atoms with Crippen molar-refractivity contribution in [3.63, 3.8) is 0 Å². The van der Waals surface area contributed by atoms with Crippen molar-refractivity contribution >= 4 is 50.8 Å². The quantitative estimate of drug-likeness (QED) is 0.489. The molecule has 0 bridgehead atoms. The van der Waals surface area contributed by atoms with Gasteiger partial charge in [-0.1, -0.05) is 35.5 Å². The summed E-state index contributed by atoms with van der Waals surface area (Å²) in [6.07, 6.45) is 4.31. The third-order valence-corrected chi connectivity index (χ3v) is 7.36. The standard InChI is InChI=1S/C20H20ClN3O2S2/c1-24-19(26)17-14-4-2-3-5-15(14)28-18(17)23-20(24)27-11-16(25)22-10-12-6-8-13(21)9-7-12/h6-9H,2-5,10-11H2,1H3,(H,22,25). The van der Waals surface area contributed by atoms with E-state index in [1.54, 1.807) is 35.1 Å². The van der Waals surface area contributed by atoms with Crippen LogP contribution in [0.3, 0.4) is 0 Å². The Bertz CT molecular complexity index is 1090. The van der Waals surface area contributed by atoms with Crippen LogP contribution in [0.5, 0.6) is 0 Å². The second kappa shape index (κ2) is 8.27. The number of aryl methyl sites for hydroxylation is 2.